The van der Waals surface area contributed by atoms with E-state index in [1.54, 1.807) is 0 Å². The van der Waals surface area contributed by atoms with Crippen LogP contribution in [0.4, 0.5) is 0 Å². The first kappa shape index (κ1) is 24.7. The second-order valence-electron chi connectivity index (χ2n) is 8.79. The number of H-pyrrole nitrogens is 1. The first-order chi connectivity index (χ1) is 15.4. The van der Waals surface area contributed by atoms with Crippen molar-refractivity contribution in [1.29, 1.82) is 0 Å². The summed E-state index contributed by atoms with van der Waals surface area (Å²) in [4.78, 5) is 20.5. The molecule has 32 heavy (non-hydrogen) atoms. The quantitative estimate of drug-likeness (QED) is 0.418. The van der Waals surface area contributed by atoms with Crippen molar-refractivity contribution < 1.29 is 4.74 Å². The van der Waals surface area contributed by atoms with E-state index in [1.165, 1.54) is 5.56 Å². The van der Waals surface area contributed by atoms with Crippen molar-refractivity contribution >= 4 is 28.2 Å². The van der Waals surface area contributed by atoms with Crippen LogP contribution in [0, 0.1) is 13.8 Å². The van der Waals surface area contributed by atoms with Crippen molar-refractivity contribution in [1.82, 2.24) is 20.1 Å². The number of nitrogens with one attached hydrogen (secondary N) is 2. The summed E-state index contributed by atoms with van der Waals surface area (Å²) in [6.07, 6.45) is 3.31. The Kier molecular flexibility index (Phi) is 9.08. The minimum atomic E-state index is -0.0517. The molecule has 2 N–H and O–H groups in total. The zero-order valence-corrected chi connectivity index (χ0v) is 20.8. The molecule has 7 heteroatoms. The summed E-state index contributed by atoms with van der Waals surface area (Å²) in [5.41, 5.74) is 3.88. The number of aromatic amines is 1. The average Bonchev–Trinajstić information content (AvgIpc) is 3.27. The molecule has 0 aliphatic carbocycles. The molecule has 0 bridgehead atoms. The van der Waals surface area contributed by atoms with Gasteiger partial charge in [0.15, 0.2) is 5.11 Å². The van der Waals surface area contributed by atoms with Crippen molar-refractivity contribution in [3.63, 3.8) is 0 Å². The summed E-state index contributed by atoms with van der Waals surface area (Å²) < 4.78 is 5.87. The highest BCUT2D eigenvalue weighted by molar-refractivity contribution is 7.80. The van der Waals surface area contributed by atoms with Gasteiger partial charge in [-0.15, -0.1) is 0 Å². The Balaban J connectivity index is 1.73. The summed E-state index contributed by atoms with van der Waals surface area (Å²) in [6, 6.07) is 6.20. The van der Waals surface area contributed by atoms with E-state index in [4.69, 9.17) is 17.0 Å². The summed E-state index contributed by atoms with van der Waals surface area (Å²) in [6.45, 7) is 14.5. The third-order valence-electron chi connectivity index (χ3n) is 6.31. The molecule has 2 aromatic rings. The minimum absolute atomic E-state index is 0.0517. The average molecular weight is 459 g/mol. The number of ether oxygens (including phenoxy) is 1. The lowest BCUT2D eigenvalue weighted by Gasteiger charge is -2.28. The molecule has 0 spiro atoms. The summed E-state index contributed by atoms with van der Waals surface area (Å²) in [7, 11) is 0. The monoisotopic (exact) mass is 458 g/mol. The van der Waals surface area contributed by atoms with Crippen LogP contribution >= 0.6 is 12.2 Å². The number of hydrogen-bond donors (Lipinski definition) is 2. The van der Waals surface area contributed by atoms with Crippen molar-refractivity contribution in [3.05, 3.63) is 45.2 Å². The van der Waals surface area contributed by atoms with Gasteiger partial charge in [0.25, 0.3) is 5.56 Å². The van der Waals surface area contributed by atoms with Gasteiger partial charge < -0.3 is 24.8 Å². The molecule has 1 atom stereocenters. The van der Waals surface area contributed by atoms with Crippen molar-refractivity contribution in [3.8, 4) is 0 Å². The Morgan fingerprint density at radius 2 is 2.03 bits per heavy atom. The minimum Gasteiger partial charge on any atom is -0.376 e. The van der Waals surface area contributed by atoms with E-state index in [-0.39, 0.29) is 11.7 Å². The lowest BCUT2D eigenvalue weighted by Crippen LogP contribution is -2.44. The number of nitrogens with zero attached hydrogens (tertiary/aromatic N) is 2. The highest BCUT2D eigenvalue weighted by Crippen LogP contribution is 2.20. The highest BCUT2D eigenvalue weighted by atomic mass is 32.1. The molecule has 1 saturated heterocycles. The van der Waals surface area contributed by atoms with Gasteiger partial charge in [0, 0.05) is 36.2 Å². The lowest BCUT2D eigenvalue weighted by molar-refractivity contribution is 0.0896. The SMILES string of the molecule is CCN(CC)CCCNC(=S)N(Cc1cc2c(C)cc(C)cc2[nH]c1=O)C[C@@H]1CCCO1. The molecular weight excluding hydrogens is 420 g/mol. The van der Waals surface area contributed by atoms with Gasteiger partial charge in [-0.3, -0.25) is 4.79 Å². The van der Waals surface area contributed by atoms with E-state index in [9.17, 15) is 4.79 Å². The smallest absolute Gasteiger partial charge is 0.253 e. The maximum absolute atomic E-state index is 12.9. The second kappa shape index (κ2) is 11.8. The van der Waals surface area contributed by atoms with Crippen LogP contribution in [0.5, 0.6) is 0 Å². The lowest BCUT2D eigenvalue weighted by atomic mass is 10.0. The topological polar surface area (TPSA) is 60.6 Å². The molecule has 1 aliphatic rings. The maximum Gasteiger partial charge on any atom is 0.253 e. The number of rotatable bonds is 10. The van der Waals surface area contributed by atoms with Gasteiger partial charge in [-0.25, -0.2) is 0 Å². The molecule has 3 rings (SSSR count). The Morgan fingerprint density at radius 1 is 1.25 bits per heavy atom. The van der Waals surface area contributed by atoms with Gasteiger partial charge in [-0.2, -0.15) is 0 Å². The Hall–Kier alpha value is -1.96. The molecule has 2 heterocycles. The molecule has 6 nitrogen and oxygen atoms in total. The van der Waals surface area contributed by atoms with Crippen molar-refractivity contribution in [2.45, 2.75) is 59.6 Å². The van der Waals surface area contributed by atoms with E-state index in [0.29, 0.717) is 18.2 Å². The van der Waals surface area contributed by atoms with Crippen LogP contribution in [-0.4, -0.2) is 65.3 Å². The van der Waals surface area contributed by atoms with Crippen molar-refractivity contribution in [2.24, 2.45) is 0 Å². The molecule has 1 aliphatic heterocycles. The molecular formula is C25H38N4O2S. The maximum atomic E-state index is 12.9. The van der Waals surface area contributed by atoms with E-state index < -0.39 is 0 Å². The number of fused-ring (bicyclic) bond motifs is 1. The summed E-state index contributed by atoms with van der Waals surface area (Å²) >= 11 is 5.76. The Labute approximate surface area is 197 Å². The van der Waals surface area contributed by atoms with E-state index in [0.717, 1.165) is 74.1 Å². The van der Waals surface area contributed by atoms with Crippen LogP contribution in [0.15, 0.2) is 23.0 Å². The summed E-state index contributed by atoms with van der Waals surface area (Å²) in [5, 5.41) is 5.20. The standard InChI is InChI=1S/C25H38N4O2S/c1-5-28(6-2)11-8-10-26-25(32)29(17-21-9-7-12-31-21)16-20-15-22-19(4)13-18(3)14-23(22)27-24(20)30/h13-15,21H,5-12,16-17H2,1-4H3,(H,26,32)(H,27,30)/t21-/m0/s1. The number of hydrogen-bond acceptors (Lipinski definition) is 4. The zero-order valence-electron chi connectivity index (χ0n) is 20.0. The fourth-order valence-electron chi connectivity index (χ4n) is 4.44. The van der Waals surface area contributed by atoms with Crippen LogP contribution in [0.1, 0.15) is 49.8 Å². The Morgan fingerprint density at radius 3 is 2.72 bits per heavy atom. The first-order valence-electron chi connectivity index (χ1n) is 11.9. The van der Waals surface area contributed by atoms with Crippen LogP contribution in [0.2, 0.25) is 0 Å². The number of benzene rings is 1. The molecule has 0 radical (unpaired) electrons. The molecule has 0 amide bonds. The molecule has 176 valence electrons. The molecule has 1 fully saturated rings. The van der Waals surface area contributed by atoms with Crippen LogP contribution in [0.25, 0.3) is 10.9 Å². The van der Waals surface area contributed by atoms with Crippen molar-refractivity contribution in [2.75, 3.05) is 39.3 Å². The van der Waals surface area contributed by atoms with Gasteiger partial charge in [0.1, 0.15) is 0 Å². The largest absolute Gasteiger partial charge is 0.376 e. The van der Waals surface area contributed by atoms with E-state index in [2.05, 4.69) is 46.9 Å². The van der Waals surface area contributed by atoms with Crippen LogP contribution in [0.3, 0.4) is 0 Å². The fraction of sp³-hybridized carbons (Fsp3) is 0.600. The van der Waals surface area contributed by atoms with Crippen LogP contribution in [-0.2, 0) is 11.3 Å². The zero-order chi connectivity index (χ0) is 23.1. The predicted octanol–water partition coefficient (Wildman–Crippen LogP) is 3.73. The molecule has 1 aromatic carbocycles. The number of pyridine rings is 1. The third-order valence-corrected chi connectivity index (χ3v) is 6.71. The first-order valence-corrected chi connectivity index (χ1v) is 12.3. The van der Waals surface area contributed by atoms with E-state index >= 15 is 0 Å². The number of thiocarbonyl (C=S) groups is 1. The Bertz CT molecular complexity index is 964. The van der Waals surface area contributed by atoms with E-state index in [1.807, 2.05) is 19.1 Å². The fourth-order valence-corrected chi connectivity index (χ4v) is 4.68. The number of aryl methyl sites for hydroxylation is 2. The highest BCUT2D eigenvalue weighted by Gasteiger charge is 2.22. The molecule has 0 saturated carbocycles. The third kappa shape index (κ3) is 6.53. The van der Waals surface area contributed by atoms with Gasteiger partial charge in [-0.1, -0.05) is 19.9 Å². The normalized spacial score (nSPS) is 16.1. The van der Waals surface area contributed by atoms with Gasteiger partial charge in [-0.05, 0) is 88.2 Å². The van der Waals surface area contributed by atoms with Gasteiger partial charge >= 0.3 is 0 Å². The predicted molar refractivity (Wildman–Crippen MR) is 136 cm³/mol. The molecule has 1 aromatic heterocycles. The second-order valence-corrected chi connectivity index (χ2v) is 9.18. The van der Waals surface area contributed by atoms with Gasteiger partial charge in [0.05, 0.1) is 12.6 Å². The summed E-state index contributed by atoms with van der Waals surface area (Å²) in [5.74, 6) is 0. The number of aromatic nitrogens is 1. The van der Waals surface area contributed by atoms with Crippen LogP contribution < -0.4 is 10.9 Å². The molecule has 0 unspecified atom stereocenters. The van der Waals surface area contributed by atoms with Gasteiger partial charge in [0.2, 0.25) is 0 Å².